The molecule has 0 saturated carbocycles. The van der Waals surface area contributed by atoms with Crippen LogP contribution in [0.15, 0.2) is 16.6 Å². The van der Waals surface area contributed by atoms with Gasteiger partial charge in [-0.25, -0.2) is 4.39 Å². The molecule has 0 aliphatic rings. The van der Waals surface area contributed by atoms with E-state index in [2.05, 4.69) is 15.9 Å². The van der Waals surface area contributed by atoms with Crippen molar-refractivity contribution >= 4 is 15.9 Å². The highest BCUT2D eigenvalue weighted by atomic mass is 79.9. The molecule has 0 aromatic heterocycles. The van der Waals surface area contributed by atoms with Gasteiger partial charge in [-0.05, 0) is 40.5 Å². The summed E-state index contributed by atoms with van der Waals surface area (Å²) in [6.07, 6.45) is 0. The van der Waals surface area contributed by atoms with Gasteiger partial charge >= 0.3 is 0 Å². The highest BCUT2D eigenvalue weighted by molar-refractivity contribution is 9.10. The van der Waals surface area contributed by atoms with E-state index in [1.54, 1.807) is 12.1 Å². The van der Waals surface area contributed by atoms with Crippen molar-refractivity contribution in [3.63, 3.8) is 0 Å². The third-order valence-corrected chi connectivity index (χ3v) is 2.46. The van der Waals surface area contributed by atoms with E-state index < -0.39 is 6.67 Å². The van der Waals surface area contributed by atoms with Crippen molar-refractivity contribution in [1.29, 1.82) is 0 Å². The van der Waals surface area contributed by atoms with Gasteiger partial charge in [0, 0.05) is 0 Å². The predicted octanol–water partition coefficient (Wildman–Crippen LogP) is 2.69. The molecular formula is C11H14BrFO3. The Morgan fingerprint density at radius 1 is 1.38 bits per heavy atom. The van der Waals surface area contributed by atoms with Crippen LogP contribution in [0.25, 0.3) is 0 Å². The lowest BCUT2D eigenvalue weighted by molar-refractivity contribution is 0.248. The van der Waals surface area contributed by atoms with Crippen LogP contribution in [0.4, 0.5) is 4.39 Å². The molecule has 0 radical (unpaired) electrons. The lowest BCUT2D eigenvalue weighted by Gasteiger charge is -2.14. The molecule has 16 heavy (non-hydrogen) atoms. The van der Waals surface area contributed by atoms with E-state index in [4.69, 9.17) is 14.6 Å². The molecule has 3 nitrogen and oxygen atoms in total. The second-order valence-electron chi connectivity index (χ2n) is 3.03. The fourth-order valence-electron chi connectivity index (χ4n) is 1.26. The van der Waals surface area contributed by atoms with E-state index in [9.17, 15) is 4.39 Å². The zero-order valence-corrected chi connectivity index (χ0v) is 10.6. The van der Waals surface area contributed by atoms with Gasteiger partial charge in [0.15, 0.2) is 11.5 Å². The summed E-state index contributed by atoms with van der Waals surface area (Å²) < 4.78 is 23.3. The lowest BCUT2D eigenvalue weighted by Crippen LogP contribution is -2.03. The van der Waals surface area contributed by atoms with Gasteiger partial charge in [-0.2, -0.15) is 0 Å². The first-order valence-electron chi connectivity index (χ1n) is 4.97. The van der Waals surface area contributed by atoms with Crippen molar-refractivity contribution in [3.05, 3.63) is 22.2 Å². The van der Waals surface area contributed by atoms with E-state index in [1.165, 1.54) is 0 Å². The Morgan fingerprint density at radius 2 is 2.12 bits per heavy atom. The van der Waals surface area contributed by atoms with Crippen molar-refractivity contribution in [2.24, 2.45) is 0 Å². The van der Waals surface area contributed by atoms with E-state index in [-0.39, 0.29) is 13.2 Å². The molecule has 5 heteroatoms. The number of hydrogen-bond acceptors (Lipinski definition) is 3. The highest BCUT2D eigenvalue weighted by Crippen LogP contribution is 2.36. The Morgan fingerprint density at radius 3 is 2.69 bits per heavy atom. The van der Waals surface area contributed by atoms with Crippen molar-refractivity contribution in [1.82, 2.24) is 0 Å². The number of benzene rings is 1. The molecule has 0 aliphatic carbocycles. The lowest BCUT2D eigenvalue weighted by atomic mass is 10.2. The summed E-state index contributed by atoms with van der Waals surface area (Å²) in [5.41, 5.74) is 0.711. The van der Waals surface area contributed by atoms with Gasteiger partial charge in [-0.1, -0.05) is 0 Å². The maximum atomic E-state index is 12.1. The maximum Gasteiger partial charge on any atom is 0.175 e. The smallest absolute Gasteiger partial charge is 0.175 e. The van der Waals surface area contributed by atoms with Crippen LogP contribution in [0.3, 0.4) is 0 Å². The minimum Gasteiger partial charge on any atom is -0.490 e. The van der Waals surface area contributed by atoms with Crippen molar-refractivity contribution in [2.75, 3.05) is 19.9 Å². The Bertz CT molecular complexity index is 344. The van der Waals surface area contributed by atoms with Gasteiger partial charge in [0.05, 0.1) is 17.7 Å². The van der Waals surface area contributed by atoms with E-state index in [1.807, 2.05) is 6.92 Å². The summed E-state index contributed by atoms with van der Waals surface area (Å²) in [6, 6.07) is 3.40. The monoisotopic (exact) mass is 292 g/mol. The molecule has 0 spiro atoms. The van der Waals surface area contributed by atoms with Crippen LogP contribution in [-0.2, 0) is 6.61 Å². The van der Waals surface area contributed by atoms with Crippen LogP contribution in [0, 0.1) is 0 Å². The topological polar surface area (TPSA) is 38.7 Å². The Balaban J connectivity index is 3.01. The van der Waals surface area contributed by atoms with Crippen molar-refractivity contribution in [2.45, 2.75) is 13.5 Å². The van der Waals surface area contributed by atoms with E-state index >= 15 is 0 Å². The molecular weight excluding hydrogens is 279 g/mol. The second kappa shape index (κ2) is 6.70. The summed E-state index contributed by atoms with van der Waals surface area (Å²) >= 11 is 3.30. The Kier molecular flexibility index (Phi) is 5.55. The third kappa shape index (κ3) is 3.35. The van der Waals surface area contributed by atoms with Gasteiger partial charge < -0.3 is 14.6 Å². The van der Waals surface area contributed by atoms with Crippen molar-refractivity contribution < 1.29 is 19.0 Å². The zero-order valence-electron chi connectivity index (χ0n) is 9.00. The minimum atomic E-state index is -0.556. The predicted molar refractivity (Wildman–Crippen MR) is 62.7 cm³/mol. The maximum absolute atomic E-state index is 12.1. The minimum absolute atomic E-state index is 0.0167. The summed E-state index contributed by atoms with van der Waals surface area (Å²) in [4.78, 5) is 0. The summed E-state index contributed by atoms with van der Waals surface area (Å²) in [5, 5.41) is 9.04. The molecule has 0 unspecified atom stereocenters. The van der Waals surface area contributed by atoms with Crippen LogP contribution in [-0.4, -0.2) is 25.0 Å². The number of hydrogen-bond donors (Lipinski definition) is 1. The van der Waals surface area contributed by atoms with Crippen LogP contribution in [0.2, 0.25) is 0 Å². The van der Waals surface area contributed by atoms with Gasteiger partial charge in [-0.15, -0.1) is 0 Å². The average molecular weight is 293 g/mol. The number of alkyl halides is 1. The normalized spacial score (nSPS) is 10.2. The average Bonchev–Trinajstić information content (AvgIpc) is 2.28. The van der Waals surface area contributed by atoms with Gasteiger partial charge in [0.2, 0.25) is 0 Å². The number of rotatable bonds is 6. The standard InChI is InChI=1S/C11H14BrFO3/c1-2-15-10-6-8(7-14)5-9(12)11(10)16-4-3-13/h5-6,14H,2-4,7H2,1H3. The second-order valence-corrected chi connectivity index (χ2v) is 3.89. The zero-order chi connectivity index (χ0) is 12.0. The van der Waals surface area contributed by atoms with Gasteiger partial charge in [-0.3, -0.25) is 0 Å². The number of halogens is 2. The SMILES string of the molecule is CCOc1cc(CO)cc(Br)c1OCCF. The quantitative estimate of drug-likeness (QED) is 0.876. The van der Waals surface area contributed by atoms with Crippen LogP contribution in [0.1, 0.15) is 12.5 Å². The number of aliphatic hydroxyl groups excluding tert-OH is 1. The molecule has 90 valence electrons. The Labute approximate surface area is 102 Å². The molecule has 0 fully saturated rings. The van der Waals surface area contributed by atoms with Crippen LogP contribution < -0.4 is 9.47 Å². The summed E-state index contributed by atoms with van der Waals surface area (Å²) in [6.45, 7) is 1.67. The molecule has 0 heterocycles. The molecule has 1 rings (SSSR count). The molecule has 0 saturated heterocycles. The third-order valence-electron chi connectivity index (χ3n) is 1.88. The summed E-state index contributed by atoms with van der Waals surface area (Å²) in [5.74, 6) is 0.978. The molecule has 0 bridgehead atoms. The molecule has 1 aromatic carbocycles. The molecule has 0 atom stereocenters. The van der Waals surface area contributed by atoms with Crippen LogP contribution >= 0.6 is 15.9 Å². The fourth-order valence-corrected chi connectivity index (χ4v) is 1.86. The fraction of sp³-hybridized carbons (Fsp3) is 0.455. The first-order valence-corrected chi connectivity index (χ1v) is 5.77. The first kappa shape index (κ1) is 13.3. The number of aliphatic hydroxyl groups is 1. The van der Waals surface area contributed by atoms with E-state index in [0.29, 0.717) is 28.1 Å². The number of ether oxygens (including phenoxy) is 2. The summed E-state index contributed by atoms with van der Waals surface area (Å²) in [7, 11) is 0. The molecule has 0 amide bonds. The van der Waals surface area contributed by atoms with Gasteiger partial charge in [0.25, 0.3) is 0 Å². The van der Waals surface area contributed by atoms with E-state index in [0.717, 1.165) is 0 Å². The highest BCUT2D eigenvalue weighted by Gasteiger charge is 2.11. The Hall–Kier alpha value is -0.810. The van der Waals surface area contributed by atoms with Crippen LogP contribution in [0.5, 0.6) is 11.5 Å². The molecule has 0 aliphatic heterocycles. The molecule has 1 aromatic rings. The molecule has 1 N–H and O–H groups in total. The largest absolute Gasteiger partial charge is 0.490 e. The van der Waals surface area contributed by atoms with Crippen molar-refractivity contribution in [3.8, 4) is 11.5 Å². The first-order chi connectivity index (χ1) is 7.72. The van der Waals surface area contributed by atoms with Gasteiger partial charge in [0.1, 0.15) is 13.3 Å².